The number of nitrogens with zero attached hydrogens (tertiary/aromatic N) is 2. The summed E-state index contributed by atoms with van der Waals surface area (Å²) in [7, 11) is 0. The van der Waals surface area contributed by atoms with E-state index < -0.39 is 5.97 Å². The first-order valence-electron chi connectivity index (χ1n) is 5.40. The van der Waals surface area contributed by atoms with E-state index in [4.69, 9.17) is 22.4 Å². The fourth-order valence-electron chi connectivity index (χ4n) is 1.46. The van der Waals surface area contributed by atoms with Crippen LogP contribution in [-0.4, -0.2) is 40.1 Å². The van der Waals surface area contributed by atoms with Gasteiger partial charge in [-0.15, -0.1) is 0 Å². The van der Waals surface area contributed by atoms with Crippen molar-refractivity contribution in [3.8, 4) is 0 Å². The minimum atomic E-state index is -1.07. The summed E-state index contributed by atoms with van der Waals surface area (Å²) in [5, 5.41) is 8.77. The van der Waals surface area contributed by atoms with Crippen molar-refractivity contribution in [1.29, 1.82) is 0 Å². The van der Waals surface area contributed by atoms with E-state index >= 15 is 0 Å². The maximum atomic E-state index is 10.3. The number of hydrogen-bond acceptors (Lipinski definition) is 3. The van der Waals surface area contributed by atoms with Crippen molar-refractivity contribution >= 4 is 23.6 Å². The predicted octanol–water partition coefficient (Wildman–Crippen LogP) is 1.59. The van der Waals surface area contributed by atoms with Crippen molar-refractivity contribution in [2.75, 3.05) is 13.1 Å². The number of carbonyl (C=O) groups is 2. The van der Waals surface area contributed by atoms with Crippen molar-refractivity contribution in [2.45, 2.75) is 12.8 Å². The smallest absolute Gasteiger partial charge is 0.354 e. The molecule has 18 heavy (non-hydrogen) atoms. The van der Waals surface area contributed by atoms with Crippen molar-refractivity contribution in [3.05, 3.63) is 29.0 Å². The summed E-state index contributed by atoms with van der Waals surface area (Å²) in [6, 6.07) is 2.54. The topological polar surface area (TPSA) is 96.5 Å². The second-order valence-corrected chi connectivity index (χ2v) is 4.13. The third-order valence-electron chi connectivity index (χ3n) is 2.36. The van der Waals surface area contributed by atoms with Crippen LogP contribution in [-0.2, 0) is 0 Å². The Labute approximate surface area is 109 Å². The lowest BCUT2D eigenvalue weighted by molar-refractivity contribution is 0.0690. The molecule has 0 unspecified atom stereocenters. The monoisotopic (exact) mass is 271 g/mol. The van der Waals surface area contributed by atoms with Gasteiger partial charge in [0.05, 0.1) is 0 Å². The molecule has 3 N–H and O–H groups in total. The number of hydrogen-bond donors (Lipinski definition) is 2. The molecule has 6 nitrogen and oxygen atoms in total. The minimum absolute atomic E-state index is 0.0347. The molecular weight excluding hydrogens is 258 g/mol. The Morgan fingerprint density at radius 3 is 2.33 bits per heavy atom. The van der Waals surface area contributed by atoms with E-state index in [1.807, 2.05) is 0 Å². The number of carboxylic acid groups (broad SMARTS) is 1. The number of likely N-dealkylation sites (tertiary alicyclic amines) is 1. The molecule has 7 heteroatoms. The van der Waals surface area contributed by atoms with E-state index in [2.05, 4.69) is 4.98 Å². The molecule has 1 saturated heterocycles. The number of nitrogens with two attached hydrogens (primary N) is 1. The van der Waals surface area contributed by atoms with Crippen LogP contribution in [0.4, 0.5) is 4.79 Å². The quantitative estimate of drug-likeness (QED) is 0.811. The molecular formula is C11H14ClN3O3. The summed E-state index contributed by atoms with van der Waals surface area (Å²) >= 11 is 5.49. The van der Waals surface area contributed by atoms with E-state index in [0.29, 0.717) is 5.02 Å². The average Bonchev–Trinajstić information content (AvgIpc) is 2.83. The number of aromatic nitrogens is 1. The largest absolute Gasteiger partial charge is 0.477 e. The zero-order chi connectivity index (χ0) is 13.5. The Bertz CT molecular complexity index is 433. The van der Waals surface area contributed by atoms with E-state index in [1.165, 1.54) is 18.3 Å². The first kappa shape index (κ1) is 14.2. The highest BCUT2D eigenvalue weighted by molar-refractivity contribution is 6.30. The molecule has 1 aliphatic heterocycles. The van der Waals surface area contributed by atoms with Gasteiger partial charge in [0.15, 0.2) is 0 Å². The molecule has 98 valence electrons. The van der Waals surface area contributed by atoms with Gasteiger partial charge in [-0.1, -0.05) is 11.6 Å². The SMILES string of the molecule is NC(=O)N1CCCC1.O=C(O)c1cc(Cl)ccn1. The van der Waals surface area contributed by atoms with E-state index in [-0.39, 0.29) is 11.7 Å². The van der Waals surface area contributed by atoms with Gasteiger partial charge in [0.25, 0.3) is 0 Å². The van der Waals surface area contributed by atoms with Crippen LogP contribution in [0.2, 0.25) is 5.02 Å². The molecule has 0 aliphatic carbocycles. The van der Waals surface area contributed by atoms with Crippen molar-refractivity contribution in [1.82, 2.24) is 9.88 Å². The fraction of sp³-hybridized carbons (Fsp3) is 0.364. The van der Waals surface area contributed by atoms with Crippen molar-refractivity contribution in [3.63, 3.8) is 0 Å². The van der Waals surface area contributed by atoms with Crippen LogP contribution >= 0.6 is 11.6 Å². The molecule has 1 aromatic rings. The second kappa shape index (κ2) is 6.80. The van der Waals surface area contributed by atoms with E-state index in [0.717, 1.165) is 25.9 Å². The summed E-state index contributed by atoms with van der Waals surface area (Å²) in [6.45, 7) is 1.71. The zero-order valence-electron chi connectivity index (χ0n) is 9.67. The standard InChI is InChI=1S/C6H4ClNO2.C5H10N2O/c7-4-1-2-8-5(3-4)6(9)10;6-5(8)7-3-1-2-4-7/h1-3H,(H,9,10);1-4H2,(H2,6,8). The lowest BCUT2D eigenvalue weighted by Crippen LogP contribution is -2.32. The molecule has 0 atom stereocenters. The molecule has 0 aromatic carbocycles. The van der Waals surface area contributed by atoms with Gasteiger partial charge in [0.2, 0.25) is 0 Å². The molecule has 1 aliphatic rings. The highest BCUT2D eigenvalue weighted by Gasteiger charge is 2.13. The highest BCUT2D eigenvalue weighted by Crippen LogP contribution is 2.07. The van der Waals surface area contributed by atoms with Crippen LogP contribution in [0, 0.1) is 0 Å². The van der Waals surface area contributed by atoms with E-state index in [9.17, 15) is 9.59 Å². The molecule has 0 spiro atoms. The van der Waals surface area contributed by atoms with Gasteiger partial charge in [-0.2, -0.15) is 0 Å². The molecule has 2 heterocycles. The van der Waals surface area contributed by atoms with Gasteiger partial charge < -0.3 is 15.7 Å². The van der Waals surface area contributed by atoms with Crippen LogP contribution in [0.5, 0.6) is 0 Å². The number of primary amides is 1. The maximum Gasteiger partial charge on any atom is 0.354 e. The molecule has 1 aromatic heterocycles. The molecule has 0 bridgehead atoms. The minimum Gasteiger partial charge on any atom is -0.477 e. The lowest BCUT2D eigenvalue weighted by atomic mass is 10.4. The number of halogens is 1. The second-order valence-electron chi connectivity index (χ2n) is 3.70. The third kappa shape index (κ3) is 4.58. The number of carbonyl (C=O) groups excluding carboxylic acids is 1. The van der Waals surface area contributed by atoms with Crippen LogP contribution < -0.4 is 5.73 Å². The maximum absolute atomic E-state index is 10.3. The molecule has 0 radical (unpaired) electrons. The molecule has 2 amide bonds. The summed E-state index contributed by atoms with van der Waals surface area (Å²) in [4.78, 5) is 25.8. The van der Waals surface area contributed by atoms with Crippen LogP contribution in [0.25, 0.3) is 0 Å². The molecule has 1 fully saturated rings. The van der Waals surface area contributed by atoms with Gasteiger partial charge >= 0.3 is 12.0 Å². The molecule has 0 saturated carbocycles. The first-order valence-corrected chi connectivity index (χ1v) is 5.77. The van der Waals surface area contributed by atoms with Gasteiger partial charge in [0, 0.05) is 24.3 Å². The third-order valence-corrected chi connectivity index (χ3v) is 2.59. The Balaban J connectivity index is 0.000000184. The number of pyridine rings is 1. The van der Waals surface area contributed by atoms with E-state index in [1.54, 1.807) is 4.90 Å². The summed E-state index contributed by atoms with van der Waals surface area (Å²) in [6.07, 6.45) is 3.58. The normalized spacial score (nSPS) is 13.7. The summed E-state index contributed by atoms with van der Waals surface area (Å²) in [5.74, 6) is -1.07. The number of aromatic carboxylic acids is 1. The van der Waals surface area contributed by atoms with Crippen LogP contribution in [0.3, 0.4) is 0 Å². The van der Waals surface area contributed by atoms with Crippen molar-refractivity contribution < 1.29 is 14.7 Å². The van der Waals surface area contributed by atoms with Gasteiger partial charge in [-0.25, -0.2) is 14.6 Å². The van der Waals surface area contributed by atoms with Crippen LogP contribution in [0.1, 0.15) is 23.3 Å². The van der Waals surface area contributed by atoms with Crippen molar-refractivity contribution in [2.24, 2.45) is 5.73 Å². The average molecular weight is 272 g/mol. The number of rotatable bonds is 1. The Hall–Kier alpha value is -1.82. The van der Waals surface area contributed by atoms with Gasteiger partial charge in [-0.05, 0) is 25.0 Å². The predicted molar refractivity (Wildman–Crippen MR) is 66.6 cm³/mol. The van der Waals surface area contributed by atoms with Gasteiger partial charge in [0.1, 0.15) is 5.69 Å². The zero-order valence-corrected chi connectivity index (χ0v) is 10.4. The first-order chi connectivity index (χ1) is 8.50. The fourth-order valence-corrected chi connectivity index (χ4v) is 1.62. The van der Waals surface area contributed by atoms with Gasteiger partial charge in [-0.3, -0.25) is 0 Å². The molecule has 2 rings (SSSR count). The summed E-state index contributed by atoms with van der Waals surface area (Å²) < 4.78 is 0. The Morgan fingerprint density at radius 1 is 1.39 bits per heavy atom. The Morgan fingerprint density at radius 2 is 2.00 bits per heavy atom. The highest BCUT2D eigenvalue weighted by atomic mass is 35.5. The number of urea groups is 1. The Kier molecular flexibility index (Phi) is 5.38. The summed E-state index contributed by atoms with van der Waals surface area (Å²) in [5.41, 5.74) is 4.95. The lowest BCUT2D eigenvalue weighted by Gasteiger charge is -2.09. The number of carboxylic acids is 1. The van der Waals surface area contributed by atoms with Crippen LogP contribution in [0.15, 0.2) is 18.3 Å². The number of amides is 2.